The Kier molecular flexibility index (Phi) is 6.01. The van der Waals surface area contributed by atoms with Crippen LogP contribution in [0.25, 0.3) is 0 Å². The third kappa shape index (κ3) is 8.44. The van der Waals surface area contributed by atoms with Crippen molar-refractivity contribution in [1.82, 2.24) is 0 Å². The highest BCUT2D eigenvalue weighted by atomic mass is 17.0. The summed E-state index contributed by atoms with van der Waals surface area (Å²) in [4.78, 5) is 33.9. The van der Waals surface area contributed by atoms with E-state index in [1.807, 2.05) is 0 Å². The van der Waals surface area contributed by atoms with Crippen LogP contribution in [0.15, 0.2) is 0 Å². The van der Waals surface area contributed by atoms with Gasteiger partial charge in [0.25, 0.3) is 0 Å². The van der Waals surface area contributed by atoms with Crippen molar-refractivity contribution in [1.29, 1.82) is 0 Å². The zero-order chi connectivity index (χ0) is 11.0. The maximum atomic E-state index is 10.6. The van der Waals surface area contributed by atoms with E-state index in [0.29, 0.717) is 19.3 Å². The van der Waals surface area contributed by atoms with E-state index in [1.54, 1.807) is 0 Å². The first-order chi connectivity index (χ1) is 6.52. The molecule has 0 amide bonds. The van der Waals surface area contributed by atoms with Crippen molar-refractivity contribution in [2.45, 2.75) is 32.1 Å². The third-order valence-electron chi connectivity index (χ3n) is 1.45. The van der Waals surface area contributed by atoms with E-state index < -0.39 is 17.0 Å². The van der Waals surface area contributed by atoms with Gasteiger partial charge in [0, 0.05) is 12.8 Å². The number of hydrogen-bond donors (Lipinski definition) is 1. The van der Waals surface area contributed by atoms with E-state index in [1.165, 1.54) is 0 Å². The fourth-order valence-corrected chi connectivity index (χ4v) is 0.851. The number of carbonyl (C=O) groups excluding carboxylic acids is 1. The summed E-state index contributed by atoms with van der Waals surface area (Å²) in [6.45, 7) is 0. The zero-order valence-electron chi connectivity index (χ0n) is 7.47. The molecule has 0 aliphatic heterocycles. The van der Waals surface area contributed by atoms with Crippen LogP contribution in [0.5, 0.6) is 0 Å². The van der Waals surface area contributed by atoms with E-state index in [4.69, 9.17) is 5.11 Å². The van der Waals surface area contributed by atoms with Crippen LogP contribution >= 0.6 is 0 Å². The van der Waals surface area contributed by atoms with Gasteiger partial charge in [0.05, 0.1) is 0 Å². The van der Waals surface area contributed by atoms with Crippen LogP contribution in [-0.4, -0.2) is 22.1 Å². The lowest BCUT2D eigenvalue weighted by atomic mass is 10.1. The zero-order valence-corrected chi connectivity index (χ0v) is 7.47. The molecule has 0 bridgehead atoms. The van der Waals surface area contributed by atoms with Crippen molar-refractivity contribution >= 4 is 11.9 Å². The van der Waals surface area contributed by atoms with Crippen molar-refractivity contribution in [3.05, 3.63) is 10.1 Å². The minimum absolute atomic E-state index is 0.0459. The van der Waals surface area contributed by atoms with Crippen LogP contribution in [0.3, 0.4) is 0 Å². The first kappa shape index (κ1) is 12.3. The number of hydrogen-bond acceptors (Lipinski definition) is 5. The topological polar surface area (TPSA) is 107 Å². The Balaban J connectivity index is 3.32. The van der Waals surface area contributed by atoms with Gasteiger partial charge < -0.3 is 5.11 Å². The van der Waals surface area contributed by atoms with Gasteiger partial charge in [-0.3, -0.25) is 9.59 Å². The SMILES string of the molecule is O=C(O)CCCCCC(=O)O[N+](=O)[O-]. The number of nitrogens with zero attached hydrogens (tertiary/aromatic N) is 1. The molecule has 0 fully saturated rings. The quantitative estimate of drug-likeness (QED) is 0.373. The van der Waals surface area contributed by atoms with Crippen LogP contribution in [0.2, 0.25) is 0 Å². The van der Waals surface area contributed by atoms with Gasteiger partial charge in [-0.15, -0.1) is 10.1 Å². The Morgan fingerprint density at radius 1 is 1.21 bits per heavy atom. The maximum Gasteiger partial charge on any atom is 0.303 e. The summed E-state index contributed by atoms with van der Waals surface area (Å²) in [6, 6.07) is 0. The predicted molar refractivity (Wildman–Crippen MR) is 43.8 cm³/mol. The number of rotatable bonds is 7. The lowest BCUT2D eigenvalue weighted by Gasteiger charge is -1.97. The second kappa shape index (κ2) is 6.81. The fraction of sp³-hybridized carbons (Fsp3) is 0.714. The number of carboxylic acid groups (broad SMARTS) is 1. The van der Waals surface area contributed by atoms with Gasteiger partial charge in [0.2, 0.25) is 0 Å². The standard InChI is InChI=1S/C7H11NO6/c9-6(10)4-2-1-3-5-7(11)14-8(12)13/h1-5H2,(H,9,10). The summed E-state index contributed by atoms with van der Waals surface area (Å²) in [6.07, 6.45) is 1.39. The molecule has 0 aromatic carbocycles. The van der Waals surface area contributed by atoms with Crippen molar-refractivity contribution in [2.75, 3.05) is 0 Å². The van der Waals surface area contributed by atoms with E-state index >= 15 is 0 Å². The van der Waals surface area contributed by atoms with Crippen LogP contribution in [-0.2, 0) is 14.4 Å². The number of unbranched alkanes of at least 4 members (excludes halogenated alkanes) is 2. The number of carboxylic acids is 1. The molecule has 0 spiro atoms. The molecule has 0 radical (unpaired) electrons. The van der Waals surface area contributed by atoms with Crippen molar-refractivity contribution in [3.8, 4) is 0 Å². The van der Waals surface area contributed by atoms with Crippen LogP contribution in [0.4, 0.5) is 0 Å². The molecule has 0 saturated carbocycles. The second-order valence-electron chi connectivity index (χ2n) is 2.64. The molecule has 0 unspecified atom stereocenters. The highest BCUT2D eigenvalue weighted by Crippen LogP contribution is 2.03. The summed E-state index contributed by atoms with van der Waals surface area (Å²) in [5, 5.41) is 16.8. The molecule has 0 rings (SSSR count). The molecule has 1 N–H and O–H groups in total. The summed E-state index contributed by atoms with van der Waals surface area (Å²) >= 11 is 0. The average molecular weight is 205 g/mol. The molecule has 0 heterocycles. The molecule has 0 aliphatic rings. The molecule has 7 heteroatoms. The van der Waals surface area contributed by atoms with E-state index in [2.05, 4.69) is 4.84 Å². The molecule has 0 aromatic rings. The Morgan fingerprint density at radius 3 is 2.29 bits per heavy atom. The Hall–Kier alpha value is -1.66. The smallest absolute Gasteiger partial charge is 0.303 e. The maximum absolute atomic E-state index is 10.6. The molecule has 0 aliphatic carbocycles. The molecule has 0 aromatic heterocycles. The molecular formula is C7H11NO6. The van der Waals surface area contributed by atoms with Gasteiger partial charge >= 0.3 is 17.0 Å². The number of aliphatic carboxylic acids is 1. The van der Waals surface area contributed by atoms with Crippen molar-refractivity contribution in [3.63, 3.8) is 0 Å². The van der Waals surface area contributed by atoms with Gasteiger partial charge in [0.15, 0.2) is 0 Å². The Labute approximate surface area is 79.8 Å². The number of carbonyl (C=O) groups is 2. The highest BCUT2D eigenvalue weighted by Gasteiger charge is 2.06. The third-order valence-corrected chi connectivity index (χ3v) is 1.45. The molecule has 80 valence electrons. The molecular weight excluding hydrogens is 194 g/mol. The first-order valence-corrected chi connectivity index (χ1v) is 4.09. The summed E-state index contributed by atoms with van der Waals surface area (Å²) in [5.74, 6) is -1.79. The normalized spacial score (nSPS) is 9.43. The molecule has 0 saturated heterocycles. The fourth-order valence-electron chi connectivity index (χ4n) is 0.851. The lowest BCUT2D eigenvalue weighted by Crippen LogP contribution is -2.09. The summed E-state index contributed by atoms with van der Waals surface area (Å²) < 4.78 is 0. The second-order valence-corrected chi connectivity index (χ2v) is 2.64. The molecule has 14 heavy (non-hydrogen) atoms. The van der Waals surface area contributed by atoms with Gasteiger partial charge in [-0.2, -0.15) is 0 Å². The molecule has 7 nitrogen and oxygen atoms in total. The largest absolute Gasteiger partial charge is 0.481 e. The van der Waals surface area contributed by atoms with E-state index in [-0.39, 0.29) is 12.8 Å². The Bertz CT molecular complexity index is 226. The van der Waals surface area contributed by atoms with Gasteiger partial charge in [0.1, 0.15) is 0 Å². The molecule has 0 atom stereocenters. The van der Waals surface area contributed by atoms with Crippen LogP contribution in [0.1, 0.15) is 32.1 Å². The lowest BCUT2D eigenvalue weighted by molar-refractivity contribution is -0.729. The highest BCUT2D eigenvalue weighted by molar-refractivity contribution is 5.68. The van der Waals surface area contributed by atoms with E-state index in [9.17, 15) is 19.7 Å². The van der Waals surface area contributed by atoms with Crippen LogP contribution < -0.4 is 0 Å². The van der Waals surface area contributed by atoms with E-state index in [0.717, 1.165) is 0 Å². The summed E-state index contributed by atoms with van der Waals surface area (Å²) in [7, 11) is 0. The van der Waals surface area contributed by atoms with Gasteiger partial charge in [-0.05, 0) is 12.8 Å². The van der Waals surface area contributed by atoms with Crippen LogP contribution in [0, 0.1) is 10.1 Å². The first-order valence-electron chi connectivity index (χ1n) is 4.09. The summed E-state index contributed by atoms with van der Waals surface area (Å²) in [5.41, 5.74) is 0. The van der Waals surface area contributed by atoms with Crippen molar-refractivity contribution in [2.24, 2.45) is 0 Å². The van der Waals surface area contributed by atoms with Crippen molar-refractivity contribution < 1.29 is 24.6 Å². The Morgan fingerprint density at radius 2 is 1.79 bits per heavy atom. The van der Waals surface area contributed by atoms with Gasteiger partial charge in [-0.25, -0.2) is 4.84 Å². The monoisotopic (exact) mass is 205 g/mol. The predicted octanol–water partition coefficient (Wildman–Crippen LogP) is 0.756. The minimum Gasteiger partial charge on any atom is -0.481 e. The minimum atomic E-state index is -1.15. The van der Waals surface area contributed by atoms with Gasteiger partial charge in [-0.1, -0.05) is 6.42 Å². The average Bonchev–Trinajstić information content (AvgIpc) is 2.01.